The van der Waals surface area contributed by atoms with Crippen LogP contribution in [0.3, 0.4) is 0 Å². The van der Waals surface area contributed by atoms with Gasteiger partial charge in [-0.25, -0.2) is 24.3 Å². The summed E-state index contributed by atoms with van der Waals surface area (Å²) >= 11 is 0. The molecule has 1 atom stereocenters. The highest BCUT2D eigenvalue weighted by molar-refractivity contribution is 5.83. The van der Waals surface area contributed by atoms with Crippen molar-refractivity contribution >= 4 is 17.0 Å². The number of aromatic nitrogens is 5. The summed E-state index contributed by atoms with van der Waals surface area (Å²) in [4.78, 5) is 23.7. The van der Waals surface area contributed by atoms with Gasteiger partial charge in [0, 0.05) is 51.0 Å². The van der Waals surface area contributed by atoms with E-state index in [0.29, 0.717) is 29.1 Å². The van der Waals surface area contributed by atoms with Crippen molar-refractivity contribution in [3.05, 3.63) is 30.9 Å². The lowest BCUT2D eigenvalue weighted by Crippen LogP contribution is -2.46. The first-order valence-corrected chi connectivity index (χ1v) is 9.18. The summed E-state index contributed by atoms with van der Waals surface area (Å²) in [6, 6.07) is 1.80. The second-order valence-electron chi connectivity index (χ2n) is 7.12. The zero-order valence-corrected chi connectivity index (χ0v) is 15.9. The monoisotopic (exact) mass is 383 g/mol. The number of hydrogen-bond acceptors (Lipinski definition) is 8. The van der Waals surface area contributed by atoms with Gasteiger partial charge in [-0.2, -0.15) is 0 Å². The molecule has 0 bridgehead atoms. The third-order valence-corrected chi connectivity index (χ3v) is 4.65. The van der Waals surface area contributed by atoms with Crippen molar-refractivity contribution in [2.75, 3.05) is 38.7 Å². The van der Waals surface area contributed by atoms with Gasteiger partial charge in [-0.05, 0) is 25.5 Å². The lowest BCUT2D eigenvalue weighted by Gasteiger charge is -2.29. The van der Waals surface area contributed by atoms with E-state index >= 15 is 0 Å². The molecule has 1 saturated heterocycles. The molecule has 28 heavy (non-hydrogen) atoms. The molecule has 9 heteroatoms. The SMILES string of the molecule is CN(C)c1ncc(-c2cc3nccnc3c(OCC3(F)CCCNC3)n2)cn1. The molecule has 146 valence electrons. The van der Waals surface area contributed by atoms with E-state index in [4.69, 9.17) is 4.74 Å². The molecule has 0 radical (unpaired) electrons. The van der Waals surface area contributed by atoms with Crippen molar-refractivity contribution in [1.82, 2.24) is 30.2 Å². The molecule has 3 aromatic rings. The van der Waals surface area contributed by atoms with Gasteiger partial charge in [0.15, 0.2) is 11.2 Å². The Bertz CT molecular complexity index is 958. The Hall–Kier alpha value is -2.94. The van der Waals surface area contributed by atoms with Crippen LogP contribution >= 0.6 is 0 Å². The zero-order chi connectivity index (χ0) is 19.6. The summed E-state index contributed by atoms with van der Waals surface area (Å²) < 4.78 is 20.7. The van der Waals surface area contributed by atoms with Crippen LogP contribution in [0.5, 0.6) is 5.88 Å². The number of pyridine rings is 1. The lowest BCUT2D eigenvalue weighted by molar-refractivity contribution is 0.0580. The first kappa shape index (κ1) is 18.4. The number of nitrogens with zero attached hydrogens (tertiary/aromatic N) is 6. The van der Waals surface area contributed by atoms with Gasteiger partial charge in [-0.15, -0.1) is 0 Å². The van der Waals surface area contributed by atoms with Gasteiger partial charge < -0.3 is 15.0 Å². The minimum absolute atomic E-state index is 0.0851. The molecule has 3 aromatic heterocycles. The number of anilines is 1. The molecule has 0 aliphatic carbocycles. The largest absolute Gasteiger partial charge is 0.473 e. The van der Waals surface area contributed by atoms with Gasteiger partial charge in [0.25, 0.3) is 0 Å². The van der Waals surface area contributed by atoms with Crippen molar-refractivity contribution < 1.29 is 9.13 Å². The molecule has 0 saturated carbocycles. The summed E-state index contributed by atoms with van der Waals surface area (Å²) in [5.74, 6) is 0.866. The van der Waals surface area contributed by atoms with E-state index in [1.54, 1.807) is 30.9 Å². The van der Waals surface area contributed by atoms with Crippen molar-refractivity contribution in [3.8, 4) is 17.1 Å². The Balaban J connectivity index is 1.67. The van der Waals surface area contributed by atoms with Crippen LogP contribution < -0.4 is 15.0 Å². The molecule has 0 aromatic carbocycles. The molecular weight excluding hydrogens is 361 g/mol. The predicted molar refractivity (Wildman–Crippen MR) is 104 cm³/mol. The van der Waals surface area contributed by atoms with Crippen molar-refractivity contribution in [1.29, 1.82) is 0 Å². The molecule has 4 rings (SSSR count). The molecule has 0 spiro atoms. The number of fused-ring (bicyclic) bond motifs is 1. The molecule has 4 heterocycles. The van der Waals surface area contributed by atoms with Crippen LogP contribution in [-0.2, 0) is 0 Å². The maximum Gasteiger partial charge on any atom is 0.242 e. The quantitative estimate of drug-likeness (QED) is 0.716. The highest BCUT2D eigenvalue weighted by Gasteiger charge is 2.33. The lowest BCUT2D eigenvalue weighted by atomic mass is 9.97. The fraction of sp³-hybridized carbons (Fsp3) is 0.421. The number of rotatable bonds is 5. The van der Waals surface area contributed by atoms with E-state index in [2.05, 4.69) is 30.2 Å². The summed E-state index contributed by atoms with van der Waals surface area (Å²) in [6.45, 7) is 1.02. The van der Waals surface area contributed by atoms with Crippen molar-refractivity contribution in [2.24, 2.45) is 0 Å². The molecule has 1 aliphatic rings. The third-order valence-electron chi connectivity index (χ3n) is 4.65. The van der Waals surface area contributed by atoms with E-state index in [-0.39, 0.29) is 19.0 Å². The molecule has 1 N–H and O–H groups in total. The highest BCUT2D eigenvalue weighted by atomic mass is 19.1. The second-order valence-corrected chi connectivity index (χ2v) is 7.12. The van der Waals surface area contributed by atoms with Gasteiger partial charge in [0.05, 0.1) is 11.2 Å². The van der Waals surface area contributed by atoms with E-state index < -0.39 is 5.67 Å². The normalized spacial score (nSPS) is 19.5. The van der Waals surface area contributed by atoms with Gasteiger partial charge >= 0.3 is 0 Å². The molecule has 1 aliphatic heterocycles. The number of ether oxygens (including phenoxy) is 1. The molecular formula is C19H22FN7O. The first-order chi connectivity index (χ1) is 13.5. The minimum Gasteiger partial charge on any atom is -0.473 e. The molecule has 1 fully saturated rings. The van der Waals surface area contributed by atoms with Crippen LogP contribution in [0, 0.1) is 0 Å². The average Bonchev–Trinajstić information content (AvgIpc) is 2.72. The van der Waals surface area contributed by atoms with Crippen LogP contribution in [0.4, 0.5) is 10.3 Å². The maximum absolute atomic E-state index is 14.9. The Morgan fingerprint density at radius 1 is 1.18 bits per heavy atom. The fourth-order valence-corrected chi connectivity index (χ4v) is 3.13. The number of hydrogen-bond donors (Lipinski definition) is 1. The van der Waals surface area contributed by atoms with E-state index in [9.17, 15) is 4.39 Å². The zero-order valence-electron chi connectivity index (χ0n) is 15.9. The van der Waals surface area contributed by atoms with Crippen LogP contribution in [0.2, 0.25) is 0 Å². The van der Waals surface area contributed by atoms with Gasteiger partial charge in [-0.1, -0.05) is 0 Å². The summed E-state index contributed by atoms with van der Waals surface area (Å²) in [7, 11) is 3.75. The van der Waals surface area contributed by atoms with Gasteiger partial charge in [0.1, 0.15) is 6.61 Å². The number of halogens is 1. The first-order valence-electron chi connectivity index (χ1n) is 9.18. The van der Waals surface area contributed by atoms with Crippen LogP contribution in [0.25, 0.3) is 22.3 Å². The second kappa shape index (κ2) is 7.59. The van der Waals surface area contributed by atoms with Crippen LogP contribution in [0.15, 0.2) is 30.9 Å². The topological polar surface area (TPSA) is 89.0 Å². The summed E-state index contributed by atoms with van der Waals surface area (Å²) in [6.07, 6.45) is 7.80. The molecule has 0 amide bonds. The van der Waals surface area contributed by atoms with Crippen LogP contribution in [0.1, 0.15) is 12.8 Å². The van der Waals surface area contributed by atoms with Gasteiger partial charge in [-0.3, -0.25) is 4.98 Å². The molecule has 8 nitrogen and oxygen atoms in total. The fourth-order valence-electron chi connectivity index (χ4n) is 3.13. The smallest absolute Gasteiger partial charge is 0.242 e. The van der Waals surface area contributed by atoms with E-state index in [1.807, 2.05) is 19.0 Å². The standard InChI is InChI=1S/C19H22FN7O/c1-27(2)18-24-9-13(10-25-18)14-8-15-16(23-7-6-22-15)17(26-14)28-12-19(20)4-3-5-21-11-19/h6-10,21H,3-5,11-12H2,1-2H3. The van der Waals surface area contributed by atoms with E-state index in [0.717, 1.165) is 18.5 Å². The third kappa shape index (κ3) is 3.84. The Morgan fingerprint density at radius 2 is 1.96 bits per heavy atom. The Morgan fingerprint density at radius 3 is 2.68 bits per heavy atom. The van der Waals surface area contributed by atoms with Gasteiger partial charge in [0.2, 0.25) is 11.8 Å². The Labute approximate surface area is 162 Å². The molecule has 1 unspecified atom stereocenters. The summed E-state index contributed by atoms with van der Waals surface area (Å²) in [5.41, 5.74) is 1.03. The number of nitrogens with one attached hydrogen (secondary N) is 1. The minimum atomic E-state index is -1.42. The summed E-state index contributed by atoms with van der Waals surface area (Å²) in [5, 5.41) is 3.08. The van der Waals surface area contributed by atoms with Crippen molar-refractivity contribution in [2.45, 2.75) is 18.5 Å². The average molecular weight is 383 g/mol. The Kier molecular flexibility index (Phi) is 4.99. The highest BCUT2D eigenvalue weighted by Crippen LogP contribution is 2.28. The van der Waals surface area contributed by atoms with Crippen molar-refractivity contribution in [3.63, 3.8) is 0 Å². The predicted octanol–water partition coefficient (Wildman–Crippen LogP) is 2.02. The van der Waals surface area contributed by atoms with Crippen LogP contribution in [-0.4, -0.2) is 64.4 Å². The maximum atomic E-state index is 14.9. The number of piperidine rings is 1. The van der Waals surface area contributed by atoms with E-state index in [1.165, 1.54) is 0 Å². The number of alkyl halides is 1.